The third kappa shape index (κ3) is 4.38. The van der Waals surface area contributed by atoms with E-state index in [0.717, 1.165) is 27.9 Å². The van der Waals surface area contributed by atoms with Crippen LogP contribution in [0.15, 0.2) is 35.3 Å². The molecule has 1 heterocycles. The fourth-order valence-corrected chi connectivity index (χ4v) is 3.85. The molecule has 1 aliphatic rings. The van der Waals surface area contributed by atoms with Gasteiger partial charge < -0.3 is 20.1 Å². The molecule has 2 aromatic carbocycles. The van der Waals surface area contributed by atoms with Gasteiger partial charge in [-0.15, -0.1) is 0 Å². The van der Waals surface area contributed by atoms with Gasteiger partial charge in [0.25, 0.3) is 0 Å². The number of benzene rings is 2. The third-order valence-corrected chi connectivity index (χ3v) is 5.36. The van der Waals surface area contributed by atoms with Crippen LogP contribution in [-0.4, -0.2) is 32.7 Å². The number of nitrogens with one attached hydrogen (secondary N) is 2. The first-order valence-electron chi connectivity index (χ1n) is 9.97. The summed E-state index contributed by atoms with van der Waals surface area (Å²) in [6.45, 7) is 6.51. The van der Waals surface area contributed by atoms with E-state index in [4.69, 9.17) is 26.1 Å². The van der Waals surface area contributed by atoms with Crippen LogP contribution in [0.3, 0.4) is 0 Å². The molecule has 1 aliphatic heterocycles. The topological polar surface area (TPSA) is 72.0 Å². The van der Waals surface area contributed by atoms with Gasteiger partial charge in [0.05, 0.1) is 19.1 Å². The Morgan fingerprint density at radius 1 is 1.33 bits per heavy atom. The van der Waals surface area contributed by atoms with Crippen LogP contribution in [-0.2, 0) is 22.5 Å². The summed E-state index contributed by atoms with van der Waals surface area (Å²) in [5, 5.41) is 7.00. The molecular weight excluding hydrogens is 402 g/mol. The molecule has 160 valence electrons. The molecule has 0 bridgehead atoms. The van der Waals surface area contributed by atoms with Crippen LogP contribution < -0.4 is 15.4 Å². The Balaban J connectivity index is 2.21. The van der Waals surface area contributed by atoms with Crippen molar-refractivity contribution in [2.24, 2.45) is 10.4 Å². The van der Waals surface area contributed by atoms with Crippen molar-refractivity contribution in [3.63, 3.8) is 0 Å². The Hall–Kier alpha value is -2.73. The summed E-state index contributed by atoms with van der Waals surface area (Å²) in [5.74, 6) is 1.09. The molecule has 0 saturated heterocycles. The minimum Gasteiger partial charge on any atom is -0.494 e. The number of hydrogen-bond donors (Lipinski definition) is 2. The molecule has 3 rings (SSSR count). The lowest BCUT2D eigenvalue weighted by molar-refractivity contribution is -0.153. The van der Waals surface area contributed by atoms with E-state index in [9.17, 15) is 4.79 Å². The van der Waals surface area contributed by atoms with E-state index in [1.165, 1.54) is 0 Å². The summed E-state index contributed by atoms with van der Waals surface area (Å²) < 4.78 is 11.1. The zero-order valence-electron chi connectivity index (χ0n) is 18.1. The lowest BCUT2D eigenvalue weighted by Crippen LogP contribution is -2.36. The first kappa shape index (κ1) is 22.0. The van der Waals surface area contributed by atoms with Crippen molar-refractivity contribution in [3.05, 3.63) is 46.5 Å². The molecule has 6 nitrogen and oxygen atoms in total. The smallest absolute Gasteiger partial charge is 0.311 e. The van der Waals surface area contributed by atoms with Gasteiger partial charge >= 0.3 is 5.97 Å². The fourth-order valence-electron chi connectivity index (χ4n) is 3.66. The third-order valence-electron chi connectivity index (χ3n) is 5.13. The van der Waals surface area contributed by atoms with Gasteiger partial charge in [-0.25, -0.2) is 4.99 Å². The van der Waals surface area contributed by atoms with Gasteiger partial charge in [-0.1, -0.05) is 23.7 Å². The highest BCUT2D eigenvalue weighted by atomic mass is 35.5. The van der Waals surface area contributed by atoms with Crippen LogP contribution in [0.1, 0.15) is 31.9 Å². The van der Waals surface area contributed by atoms with Crippen LogP contribution in [0.2, 0.25) is 5.02 Å². The predicted molar refractivity (Wildman–Crippen MR) is 121 cm³/mol. The maximum Gasteiger partial charge on any atom is 0.311 e. The molecule has 0 fully saturated rings. The number of guanidine groups is 1. The second kappa shape index (κ2) is 8.96. The maximum absolute atomic E-state index is 12.5. The number of hydrogen-bond acceptors (Lipinski definition) is 6. The van der Waals surface area contributed by atoms with Crippen molar-refractivity contribution >= 4 is 29.2 Å². The molecule has 0 amide bonds. The van der Waals surface area contributed by atoms with Gasteiger partial charge in [-0.2, -0.15) is 0 Å². The molecule has 0 unspecified atom stereocenters. The Morgan fingerprint density at radius 2 is 2.10 bits per heavy atom. The number of esters is 1. The minimum atomic E-state index is -0.717. The van der Waals surface area contributed by atoms with Gasteiger partial charge in [-0.3, -0.25) is 4.79 Å². The number of nitrogens with zero attached hydrogens (tertiary/aromatic N) is 1. The highest BCUT2D eigenvalue weighted by Crippen LogP contribution is 2.44. The van der Waals surface area contributed by atoms with Gasteiger partial charge in [0, 0.05) is 24.2 Å². The Labute approximate surface area is 182 Å². The van der Waals surface area contributed by atoms with Crippen molar-refractivity contribution in [2.45, 2.75) is 33.7 Å². The van der Waals surface area contributed by atoms with Gasteiger partial charge in [0.2, 0.25) is 0 Å². The molecule has 30 heavy (non-hydrogen) atoms. The van der Waals surface area contributed by atoms with Gasteiger partial charge in [-0.05, 0) is 62.1 Å². The number of carbonyl (C=O) groups is 1. The quantitative estimate of drug-likeness (QED) is 0.663. The van der Waals surface area contributed by atoms with E-state index in [2.05, 4.69) is 16.7 Å². The molecule has 0 radical (unpaired) electrons. The summed E-state index contributed by atoms with van der Waals surface area (Å²) >= 11 is 6.27. The molecule has 0 aromatic heterocycles. The Bertz CT molecular complexity index is 986. The molecule has 0 aliphatic carbocycles. The lowest BCUT2D eigenvalue weighted by atomic mass is 9.83. The van der Waals surface area contributed by atoms with E-state index < -0.39 is 5.41 Å². The van der Waals surface area contributed by atoms with E-state index >= 15 is 0 Å². The number of aliphatic imine (C=N–C) groups is 1. The molecule has 0 spiro atoms. The summed E-state index contributed by atoms with van der Waals surface area (Å²) in [4.78, 5) is 17.3. The number of ether oxygens (including phenoxy) is 2. The van der Waals surface area contributed by atoms with Crippen LogP contribution in [0.4, 0.5) is 5.69 Å². The zero-order chi connectivity index (χ0) is 21.9. The minimum absolute atomic E-state index is 0.241. The SMILES string of the molecule is CCOC(=O)C(C)(C)Cc1cc(-c2cccc(Cl)c2)c2c(c1OC)N=C(NC)NC2. The Morgan fingerprint density at radius 3 is 2.73 bits per heavy atom. The van der Waals surface area contributed by atoms with Crippen molar-refractivity contribution in [2.75, 3.05) is 20.8 Å². The summed E-state index contributed by atoms with van der Waals surface area (Å²) in [7, 11) is 3.45. The van der Waals surface area contributed by atoms with Crippen molar-refractivity contribution in [3.8, 4) is 16.9 Å². The molecule has 0 atom stereocenters. The number of methoxy groups -OCH3 is 1. The maximum atomic E-state index is 12.5. The Kier molecular flexibility index (Phi) is 6.56. The molecule has 2 aromatic rings. The van der Waals surface area contributed by atoms with Gasteiger partial charge in [0.15, 0.2) is 5.96 Å². The normalized spacial score (nSPS) is 13.1. The number of fused-ring (bicyclic) bond motifs is 1. The van der Waals surface area contributed by atoms with E-state index in [1.807, 2.05) is 52.1 Å². The van der Waals surface area contributed by atoms with Crippen LogP contribution >= 0.6 is 11.6 Å². The first-order chi connectivity index (χ1) is 14.3. The summed E-state index contributed by atoms with van der Waals surface area (Å²) in [6, 6.07) is 9.80. The fraction of sp³-hybridized carbons (Fsp3) is 0.391. The highest BCUT2D eigenvalue weighted by Gasteiger charge is 2.33. The van der Waals surface area contributed by atoms with E-state index in [0.29, 0.717) is 36.3 Å². The molecular formula is C23H28ClN3O3. The van der Waals surface area contributed by atoms with Crippen molar-refractivity contribution < 1.29 is 14.3 Å². The average Bonchev–Trinajstić information content (AvgIpc) is 2.72. The summed E-state index contributed by atoms with van der Waals surface area (Å²) in [5.41, 5.74) is 3.95. The lowest BCUT2D eigenvalue weighted by Gasteiger charge is -2.27. The van der Waals surface area contributed by atoms with E-state index in [1.54, 1.807) is 7.11 Å². The van der Waals surface area contributed by atoms with Crippen LogP contribution in [0.25, 0.3) is 11.1 Å². The number of halogens is 1. The second-order valence-electron chi connectivity index (χ2n) is 7.80. The van der Waals surface area contributed by atoms with Crippen molar-refractivity contribution in [1.82, 2.24) is 10.6 Å². The first-order valence-corrected chi connectivity index (χ1v) is 10.3. The largest absolute Gasteiger partial charge is 0.494 e. The number of carbonyl (C=O) groups excluding carboxylic acids is 1. The second-order valence-corrected chi connectivity index (χ2v) is 8.24. The highest BCUT2D eigenvalue weighted by molar-refractivity contribution is 6.30. The zero-order valence-corrected chi connectivity index (χ0v) is 18.8. The van der Waals surface area contributed by atoms with Crippen LogP contribution in [0, 0.1) is 5.41 Å². The van der Waals surface area contributed by atoms with Crippen molar-refractivity contribution in [1.29, 1.82) is 0 Å². The molecule has 7 heteroatoms. The standard InChI is InChI=1S/C23H28ClN3O3/c1-6-30-21(28)23(2,3)12-15-11-17(14-8-7-9-16(24)10-14)18-13-26-22(25-4)27-19(18)20(15)29-5/h7-11H,6,12-13H2,1-5H3,(H2,25,26,27). The van der Waals surface area contributed by atoms with Gasteiger partial charge in [0.1, 0.15) is 11.4 Å². The number of rotatable bonds is 6. The predicted octanol–water partition coefficient (Wildman–Crippen LogP) is 4.46. The molecule has 2 N–H and O–H groups in total. The van der Waals surface area contributed by atoms with Crippen LogP contribution in [0.5, 0.6) is 5.75 Å². The monoisotopic (exact) mass is 429 g/mol. The summed E-state index contributed by atoms with van der Waals surface area (Å²) in [6.07, 6.45) is 0.452. The molecule has 0 saturated carbocycles. The van der Waals surface area contributed by atoms with E-state index in [-0.39, 0.29) is 5.97 Å². The average molecular weight is 430 g/mol.